The van der Waals surface area contributed by atoms with E-state index in [1.165, 1.54) is 37.7 Å². The van der Waals surface area contributed by atoms with E-state index in [-0.39, 0.29) is 11.2 Å². The largest absolute Gasteiger partial charge is 0.289 e. The van der Waals surface area contributed by atoms with Crippen molar-refractivity contribution < 1.29 is 4.79 Å². The molecule has 0 atom stereocenters. The molecular weight excluding hydrogens is 256 g/mol. The number of rotatable bonds is 3. The molecule has 0 aliphatic heterocycles. The van der Waals surface area contributed by atoms with Crippen LogP contribution in [0.1, 0.15) is 60.5 Å². The van der Waals surface area contributed by atoms with Gasteiger partial charge in [-0.2, -0.15) is 0 Å². The number of hydrogen-bond acceptors (Lipinski definition) is 1. The van der Waals surface area contributed by atoms with Crippen molar-refractivity contribution >= 4 is 5.78 Å². The standard InChI is InChI=1S/C20H22O/c1-20(14-8-3-9-15-20)18-13-7-6-12-17(18)19(21)16-10-4-2-5-11-16/h2,4-7,10-13H,3,8-9,14-15H2,1H3. The summed E-state index contributed by atoms with van der Waals surface area (Å²) in [7, 11) is 0. The summed E-state index contributed by atoms with van der Waals surface area (Å²) in [4.78, 5) is 12.9. The van der Waals surface area contributed by atoms with Crippen LogP contribution in [0.2, 0.25) is 0 Å². The molecule has 0 spiro atoms. The first-order valence-corrected chi connectivity index (χ1v) is 7.90. The van der Waals surface area contributed by atoms with Gasteiger partial charge in [-0.3, -0.25) is 4.79 Å². The lowest BCUT2D eigenvalue weighted by molar-refractivity contribution is 0.103. The zero-order valence-corrected chi connectivity index (χ0v) is 12.6. The van der Waals surface area contributed by atoms with E-state index in [1.54, 1.807) is 0 Å². The predicted octanol–water partition coefficient (Wildman–Crippen LogP) is 5.14. The van der Waals surface area contributed by atoms with Crippen LogP contribution in [0.3, 0.4) is 0 Å². The van der Waals surface area contributed by atoms with Crippen molar-refractivity contribution in [2.45, 2.75) is 44.4 Å². The lowest BCUT2D eigenvalue weighted by atomic mass is 9.69. The van der Waals surface area contributed by atoms with Crippen molar-refractivity contribution in [3.8, 4) is 0 Å². The Morgan fingerprint density at radius 1 is 0.857 bits per heavy atom. The zero-order valence-electron chi connectivity index (χ0n) is 12.6. The van der Waals surface area contributed by atoms with Crippen molar-refractivity contribution in [1.29, 1.82) is 0 Å². The third-order valence-corrected chi connectivity index (χ3v) is 4.82. The van der Waals surface area contributed by atoms with Gasteiger partial charge in [0.05, 0.1) is 0 Å². The van der Waals surface area contributed by atoms with Gasteiger partial charge in [-0.05, 0) is 23.8 Å². The molecule has 0 amide bonds. The fourth-order valence-corrected chi connectivity index (χ4v) is 3.55. The maximum atomic E-state index is 12.9. The quantitative estimate of drug-likeness (QED) is 0.710. The Kier molecular flexibility index (Phi) is 3.92. The molecule has 0 heterocycles. The number of hydrogen-bond donors (Lipinski definition) is 0. The first-order valence-electron chi connectivity index (χ1n) is 7.90. The summed E-state index contributed by atoms with van der Waals surface area (Å²) in [5, 5.41) is 0. The monoisotopic (exact) mass is 278 g/mol. The molecule has 1 heteroatoms. The third-order valence-electron chi connectivity index (χ3n) is 4.82. The number of benzene rings is 2. The molecule has 0 saturated heterocycles. The van der Waals surface area contributed by atoms with Crippen LogP contribution in [0.25, 0.3) is 0 Å². The molecule has 0 radical (unpaired) electrons. The van der Waals surface area contributed by atoms with E-state index in [9.17, 15) is 4.79 Å². The molecule has 3 rings (SSSR count). The van der Waals surface area contributed by atoms with Crippen LogP contribution in [0.15, 0.2) is 54.6 Å². The Hall–Kier alpha value is -1.89. The Morgan fingerprint density at radius 2 is 1.48 bits per heavy atom. The van der Waals surface area contributed by atoms with Crippen molar-refractivity contribution in [3.63, 3.8) is 0 Å². The van der Waals surface area contributed by atoms with Crippen molar-refractivity contribution in [2.75, 3.05) is 0 Å². The summed E-state index contributed by atoms with van der Waals surface area (Å²) in [6, 6.07) is 17.8. The van der Waals surface area contributed by atoms with Gasteiger partial charge in [0, 0.05) is 11.1 Å². The molecule has 0 aromatic heterocycles. The Labute approximate surface area is 127 Å². The molecule has 2 aromatic rings. The minimum atomic E-state index is 0.151. The van der Waals surface area contributed by atoms with Gasteiger partial charge in [0.2, 0.25) is 0 Å². The SMILES string of the molecule is CC1(c2ccccc2C(=O)c2ccccc2)CCCCC1. The van der Waals surface area contributed by atoms with E-state index in [4.69, 9.17) is 0 Å². The average Bonchev–Trinajstić information content (AvgIpc) is 2.56. The van der Waals surface area contributed by atoms with Gasteiger partial charge < -0.3 is 0 Å². The van der Waals surface area contributed by atoms with E-state index in [0.717, 1.165) is 11.1 Å². The lowest BCUT2D eigenvalue weighted by Gasteiger charge is -2.35. The van der Waals surface area contributed by atoms with Crippen LogP contribution in [-0.2, 0) is 5.41 Å². The van der Waals surface area contributed by atoms with Crippen molar-refractivity contribution in [1.82, 2.24) is 0 Å². The zero-order chi connectivity index (χ0) is 14.7. The third kappa shape index (κ3) is 2.78. The van der Waals surface area contributed by atoms with Crippen molar-refractivity contribution in [3.05, 3.63) is 71.3 Å². The molecule has 108 valence electrons. The fourth-order valence-electron chi connectivity index (χ4n) is 3.55. The van der Waals surface area contributed by atoms with Gasteiger partial charge in [-0.15, -0.1) is 0 Å². The molecule has 0 bridgehead atoms. The van der Waals surface area contributed by atoms with E-state index >= 15 is 0 Å². The number of ketones is 1. The van der Waals surface area contributed by atoms with Crippen LogP contribution in [0, 0.1) is 0 Å². The second-order valence-electron chi connectivity index (χ2n) is 6.36. The smallest absolute Gasteiger partial charge is 0.193 e. The van der Waals surface area contributed by atoms with Crippen LogP contribution in [0.4, 0.5) is 0 Å². The highest BCUT2D eigenvalue weighted by atomic mass is 16.1. The maximum Gasteiger partial charge on any atom is 0.193 e. The molecular formula is C20H22O. The van der Waals surface area contributed by atoms with Gasteiger partial charge in [0.25, 0.3) is 0 Å². The van der Waals surface area contributed by atoms with E-state index in [0.29, 0.717) is 0 Å². The van der Waals surface area contributed by atoms with Gasteiger partial charge in [-0.25, -0.2) is 0 Å². The second kappa shape index (κ2) is 5.85. The number of carbonyl (C=O) groups is 1. The Balaban J connectivity index is 2.02. The minimum absolute atomic E-state index is 0.151. The van der Waals surface area contributed by atoms with Gasteiger partial charge >= 0.3 is 0 Å². The number of carbonyl (C=O) groups excluding carboxylic acids is 1. The van der Waals surface area contributed by atoms with Crippen LogP contribution in [0.5, 0.6) is 0 Å². The summed E-state index contributed by atoms with van der Waals surface area (Å²) in [5.41, 5.74) is 3.05. The normalized spacial score (nSPS) is 17.4. The summed E-state index contributed by atoms with van der Waals surface area (Å²) >= 11 is 0. The molecule has 1 saturated carbocycles. The molecule has 1 aliphatic rings. The lowest BCUT2D eigenvalue weighted by Crippen LogP contribution is -2.27. The molecule has 1 fully saturated rings. The predicted molar refractivity (Wildman–Crippen MR) is 86.8 cm³/mol. The first kappa shape index (κ1) is 14.1. The van der Waals surface area contributed by atoms with E-state index in [1.807, 2.05) is 42.5 Å². The highest BCUT2D eigenvalue weighted by Gasteiger charge is 2.32. The first-order chi connectivity index (χ1) is 10.2. The van der Waals surface area contributed by atoms with Gasteiger partial charge in [0.15, 0.2) is 5.78 Å². The summed E-state index contributed by atoms with van der Waals surface area (Å²) in [6.07, 6.45) is 6.23. The average molecular weight is 278 g/mol. The van der Waals surface area contributed by atoms with Crippen LogP contribution >= 0.6 is 0 Å². The van der Waals surface area contributed by atoms with E-state index in [2.05, 4.69) is 19.1 Å². The summed E-state index contributed by atoms with van der Waals surface area (Å²) in [5.74, 6) is 0.151. The van der Waals surface area contributed by atoms with Crippen LogP contribution < -0.4 is 0 Å². The van der Waals surface area contributed by atoms with Crippen molar-refractivity contribution in [2.24, 2.45) is 0 Å². The Morgan fingerprint density at radius 3 is 2.19 bits per heavy atom. The Bertz CT molecular complexity index is 621. The molecule has 1 nitrogen and oxygen atoms in total. The summed E-state index contributed by atoms with van der Waals surface area (Å²) in [6.45, 7) is 2.32. The minimum Gasteiger partial charge on any atom is -0.289 e. The molecule has 1 aliphatic carbocycles. The maximum absolute atomic E-state index is 12.9. The fraction of sp³-hybridized carbons (Fsp3) is 0.350. The molecule has 2 aromatic carbocycles. The highest BCUT2D eigenvalue weighted by molar-refractivity contribution is 6.10. The highest BCUT2D eigenvalue weighted by Crippen LogP contribution is 2.40. The van der Waals surface area contributed by atoms with Crippen LogP contribution in [-0.4, -0.2) is 5.78 Å². The topological polar surface area (TPSA) is 17.1 Å². The second-order valence-corrected chi connectivity index (χ2v) is 6.36. The molecule has 21 heavy (non-hydrogen) atoms. The van der Waals surface area contributed by atoms with E-state index < -0.39 is 0 Å². The van der Waals surface area contributed by atoms with Gasteiger partial charge in [-0.1, -0.05) is 80.8 Å². The van der Waals surface area contributed by atoms with Gasteiger partial charge in [0.1, 0.15) is 0 Å². The summed E-state index contributed by atoms with van der Waals surface area (Å²) < 4.78 is 0. The molecule has 0 unspecified atom stereocenters. The molecule has 0 N–H and O–H groups in total.